The minimum Gasteiger partial charge on any atom is -0.497 e. The number of rotatable bonds is 4. The number of nitrogens with zero attached hydrogens (tertiary/aromatic N) is 2. The number of fused-ring (bicyclic) bond motifs is 1. The van der Waals surface area contributed by atoms with Gasteiger partial charge in [0.2, 0.25) is 5.91 Å². The van der Waals surface area contributed by atoms with E-state index in [4.69, 9.17) is 9.57 Å². The minimum atomic E-state index is -0.900. The van der Waals surface area contributed by atoms with Crippen molar-refractivity contribution >= 4 is 39.1 Å². The zero-order chi connectivity index (χ0) is 21.5. The number of anilines is 2. The molecule has 3 aromatic rings. The molecule has 2 aliphatic rings. The number of hydroxylamine groups is 1. The zero-order valence-corrected chi connectivity index (χ0v) is 18.2. The first-order valence-electron chi connectivity index (χ1n) is 9.87. The SMILES string of the molecule is COc1cccc(N2C(=O)[C@@H]3[C@@H](c4cccc(Br)c4)N(c4ccccc4)O[C@H]3C2=O)c1. The van der Waals surface area contributed by atoms with Crippen molar-refractivity contribution in [3.05, 3.63) is 88.9 Å². The zero-order valence-electron chi connectivity index (χ0n) is 16.6. The molecule has 7 heteroatoms. The average Bonchev–Trinajstić information content (AvgIpc) is 3.30. The third kappa shape index (κ3) is 3.30. The number of hydrogen-bond acceptors (Lipinski definition) is 5. The normalized spacial score (nSPS) is 22.7. The molecular weight excluding hydrogens is 460 g/mol. The molecule has 2 heterocycles. The summed E-state index contributed by atoms with van der Waals surface area (Å²) >= 11 is 3.51. The fraction of sp³-hybridized carbons (Fsp3) is 0.167. The topological polar surface area (TPSA) is 59.1 Å². The molecule has 0 saturated carbocycles. The van der Waals surface area contributed by atoms with E-state index in [0.717, 1.165) is 15.7 Å². The lowest BCUT2D eigenvalue weighted by molar-refractivity contribution is -0.126. The Hall–Kier alpha value is -3.16. The lowest BCUT2D eigenvalue weighted by atomic mass is 9.90. The predicted octanol–water partition coefficient (Wildman–Crippen LogP) is 4.51. The predicted molar refractivity (Wildman–Crippen MR) is 120 cm³/mol. The van der Waals surface area contributed by atoms with Gasteiger partial charge >= 0.3 is 0 Å². The van der Waals surface area contributed by atoms with Gasteiger partial charge in [0.15, 0.2) is 6.10 Å². The summed E-state index contributed by atoms with van der Waals surface area (Å²) in [6.45, 7) is 0. The third-order valence-electron chi connectivity index (χ3n) is 5.63. The van der Waals surface area contributed by atoms with Crippen LogP contribution in [0.4, 0.5) is 11.4 Å². The molecule has 31 heavy (non-hydrogen) atoms. The summed E-state index contributed by atoms with van der Waals surface area (Å²) < 4.78 is 6.16. The molecule has 2 amide bonds. The fourth-order valence-corrected chi connectivity index (χ4v) is 4.66. The second kappa shape index (κ2) is 7.83. The minimum absolute atomic E-state index is 0.286. The van der Waals surface area contributed by atoms with Gasteiger partial charge in [-0.2, -0.15) is 0 Å². The molecule has 0 aromatic heterocycles. The van der Waals surface area contributed by atoms with Crippen LogP contribution in [0.5, 0.6) is 5.75 Å². The number of para-hydroxylation sites is 1. The van der Waals surface area contributed by atoms with E-state index in [-0.39, 0.29) is 11.8 Å². The summed E-state index contributed by atoms with van der Waals surface area (Å²) in [6, 6.07) is 23.7. The van der Waals surface area contributed by atoms with E-state index in [1.165, 1.54) is 4.90 Å². The second-order valence-electron chi connectivity index (χ2n) is 7.43. The number of methoxy groups -OCH3 is 1. The molecule has 6 nitrogen and oxygen atoms in total. The number of carbonyl (C=O) groups excluding carboxylic acids is 2. The van der Waals surface area contributed by atoms with Crippen LogP contribution in [0.3, 0.4) is 0 Å². The van der Waals surface area contributed by atoms with Crippen molar-refractivity contribution in [1.82, 2.24) is 0 Å². The van der Waals surface area contributed by atoms with Crippen LogP contribution < -0.4 is 14.7 Å². The van der Waals surface area contributed by atoms with Gasteiger partial charge in [-0.1, -0.05) is 52.3 Å². The Morgan fingerprint density at radius 1 is 0.871 bits per heavy atom. The van der Waals surface area contributed by atoms with Gasteiger partial charge in [-0.3, -0.25) is 14.4 Å². The fourth-order valence-electron chi connectivity index (χ4n) is 4.25. The number of imide groups is 1. The van der Waals surface area contributed by atoms with Gasteiger partial charge in [-0.25, -0.2) is 9.96 Å². The summed E-state index contributed by atoms with van der Waals surface area (Å²) in [7, 11) is 1.55. The van der Waals surface area contributed by atoms with Gasteiger partial charge in [-0.05, 0) is 42.0 Å². The number of ether oxygens (including phenoxy) is 1. The molecule has 3 aromatic carbocycles. The summed E-state index contributed by atoms with van der Waals surface area (Å²) in [5.41, 5.74) is 2.15. The molecule has 156 valence electrons. The number of halogens is 1. The van der Waals surface area contributed by atoms with Crippen molar-refractivity contribution in [1.29, 1.82) is 0 Å². The number of benzene rings is 3. The summed E-state index contributed by atoms with van der Waals surface area (Å²) in [4.78, 5) is 34.3. The molecule has 2 aliphatic heterocycles. The van der Waals surface area contributed by atoms with Crippen molar-refractivity contribution in [2.75, 3.05) is 17.1 Å². The van der Waals surface area contributed by atoms with Gasteiger partial charge in [-0.15, -0.1) is 0 Å². The summed E-state index contributed by atoms with van der Waals surface area (Å²) in [6.07, 6.45) is -0.900. The Morgan fingerprint density at radius 3 is 2.35 bits per heavy atom. The van der Waals surface area contributed by atoms with Crippen molar-refractivity contribution in [3.8, 4) is 5.75 Å². The maximum Gasteiger partial charge on any atom is 0.266 e. The van der Waals surface area contributed by atoms with Crippen LogP contribution in [0.1, 0.15) is 11.6 Å². The van der Waals surface area contributed by atoms with Gasteiger partial charge in [0.1, 0.15) is 11.7 Å². The summed E-state index contributed by atoms with van der Waals surface area (Å²) in [5, 5.41) is 1.69. The first kappa shape index (κ1) is 19.8. The van der Waals surface area contributed by atoms with E-state index < -0.39 is 18.1 Å². The highest BCUT2D eigenvalue weighted by Crippen LogP contribution is 2.48. The van der Waals surface area contributed by atoms with Gasteiger partial charge < -0.3 is 4.74 Å². The van der Waals surface area contributed by atoms with E-state index in [1.807, 2.05) is 54.6 Å². The highest BCUT2D eigenvalue weighted by atomic mass is 79.9. The van der Waals surface area contributed by atoms with E-state index >= 15 is 0 Å². The molecular formula is C24H19BrN2O4. The standard InChI is InChI=1S/C24H19BrN2O4/c1-30-19-12-6-11-18(14-19)26-23(28)20-21(15-7-5-8-16(25)13-15)27(31-22(20)24(26)29)17-9-3-2-4-10-17/h2-14,20-22H,1H3/t20-,21-,22-/m1/s1. The molecule has 5 rings (SSSR count). The van der Waals surface area contributed by atoms with E-state index in [1.54, 1.807) is 36.4 Å². The molecule has 0 radical (unpaired) electrons. The Balaban J connectivity index is 1.58. The molecule has 0 spiro atoms. The molecule has 0 bridgehead atoms. The Morgan fingerprint density at radius 2 is 1.61 bits per heavy atom. The van der Waals surface area contributed by atoms with Crippen LogP contribution in [0, 0.1) is 5.92 Å². The Kier molecular flexibility index (Phi) is 5.00. The lowest BCUT2D eigenvalue weighted by Crippen LogP contribution is -2.37. The van der Waals surface area contributed by atoms with Gasteiger partial charge in [0.25, 0.3) is 5.91 Å². The maximum atomic E-state index is 13.6. The van der Waals surface area contributed by atoms with Crippen molar-refractivity contribution in [3.63, 3.8) is 0 Å². The summed E-state index contributed by atoms with van der Waals surface area (Å²) in [5.74, 6) is -0.757. The highest BCUT2D eigenvalue weighted by Gasteiger charge is 2.60. The Bertz CT molecular complexity index is 1150. The monoisotopic (exact) mass is 478 g/mol. The number of carbonyl (C=O) groups is 2. The quantitative estimate of drug-likeness (QED) is 0.516. The van der Waals surface area contributed by atoms with E-state index in [9.17, 15) is 9.59 Å². The van der Waals surface area contributed by atoms with Crippen molar-refractivity contribution < 1.29 is 19.2 Å². The number of hydrogen-bond donors (Lipinski definition) is 0. The van der Waals surface area contributed by atoms with Crippen LogP contribution >= 0.6 is 15.9 Å². The lowest BCUT2D eigenvalue weighted by Gasteiger charge is -2.29. The Labute approximate surface area is 188 Å². The smallest absolute Gasteiger partial charge is 0.266 e. The van der Waals surface area contributed by atoms with Crippen LogP contribution in [0.2, 0.25) is 0 Å². The molecule has 0 N–H and O–H groups in total. The van der Waals surface area contributed by atoms with Crippen LogP contribution in [-0.4, -0.2) is 25.0 Å². The van der Waals surface area contributed by atoms with Crippen LogP contribution in [0.15, 0.2) is 83.3 Å². The molecule has 2 fully saturated rings. The molecule has 0 aliphatic carbocycles. The highest BCUT2D eigenvalue weighted by molar-refractivity contribution is 9.10. The number of amides is 2. The van der Waals surface area contributed by atoms with Crippen LogP contribution in [0.25, 0.3) is 0 Å². The van der Waals surface area contributed by atoms with Crippen molar-refractivity contribution in [2.24, 2.45) is 5.92 Å². The largest absolute Gasteiger partial charge is 0.497 e. The molecule has 3 atom stereocenters. The van der Waals surface area contributed by atoms with E-state index in [0.29, 0.717) is 11.4 Å². The molecule has 2 saturated heterocycles. The first-order valence-corrected chi connectivity index (χ1v) is 10.7. The average molecular weight is 479 g/mol. The molecule has 0 unspecified atom stereocenters. The van der Waals surface area contributed by atoms with Crippen LogP contribution in [-0.2, 0) is 14.4 Å². The third-order valence-corrected chi connectivity index (χ3v) is 6.12. The van der Waals surface area contributed by atoms with Gasteiger partial charge in [0, 0.05) is 10.5 Å². The first-order chi connectivity index (χ1) is 15.1. The van der Waals surface area contributed by atoms with E-state index in [2.05, 4.69) is 15.9 Å². The maximum absolute atomic E-state index is 13.6. The van der Waals surface area contributed by atoms with Crippen molar-refractivity contribution in [2.45, 2.75) is 12.1 Å². The second-order valence-corrected chi connectivity index (χ2v) is 8.34. The van der Waals surface area contributed by atoms with Gasteiger partial charge in [0.05, 0.1) is 24.5 Å².